The molecule has 26 heavy (non-hydrogen) atoms. The standard InChI is InChI=1S/C19H16ClFO5/c1-24-17-10-12(9-14(20)19(17)25-2)7-8-18(23)26-11-16(22)13-5-3-4-6-15(13)21/h3-10H,11H2,1-2H3/b8-7+. The maximum absolute atomic E-state index is 13.5. The molecule has 136 valence electrons. The van der Waals surface area contributed by atoms with Crippen LogP contribution in [0.2, 0.25) is 5.02 Å². The van der Waals surface area contributed by atoms with Crippen LogP contribution in [0.5, 0.6) is 11.5 Å². The Morgan fingerprint density at radius 3 is 2.54 bits per heavy atom. The third kappa shape index (κ3) is 4.83. The topological polar surface area (TPSA) is 61.8 Å². The summed E-state index contributed by atoms with van der Waals surface area (Å²) in [7, 11) is 2.92. The number of hydrogen-bond donors (Lipinski definition) is 0. The summed E-state index contributed by atoms with van der Waals surface area (Å²) < 4.78 is 28.6. The average Bonchev–Trinajstić information content (AvgIpc) is 2.64. The molecule has 0 heterocycles. The van der Waals surface area contributed by atoms with Gasteiger partial charge in [0.15, 0.2) is 18.1 Å². The Kier molecular flexibility index (Phi) is 6.74. The van der Waals surface area contributed by atoms with Gasteiger partial charge in [-0.15, -0.1) is 0 Å². The van der Waals surface area contributed by atoms with Crippen molar-refractivity contribution in [1.82, 2.24) is 0 Å². The molecule has 2 aromatic carbocycles. The van der Waals surface area contributed by atoms with Gasteiger partial charge in [0.05, 0.1) is 24.8 Å². The maximum Gasteiger partial charge on any atom is 0.331 e. The van der Waals surface area contributed by atoms with Crippen LogP contribution >= 0.6 is 11.6 Å². The first kappa shape index (κ1) is 19.5. The van der Waals surface area contributed by atoms with Gasteiger partial charge in [0.1, 0.15) is 5.82 Å². The molecule has 0 fully saturated rings. The molecule has 0 aliphatic carbocycles. The zero-order valence-corrected chi connectivity index (χ0v) is 14.9. The molecule has 0 atom stereocenters. The Labute approximate surface area is 154 Å². The van der Waals surface area contributed by atoms with E-state index in [4.69, 9.17) is 25.8 Å². The lowest BCUT2D eigenvalue weighted by atomic mass is 10.1. The molecule has 2 rings (SSSR count). The minimum absolute atomic E-state index is 0.129. The van der Waals surface area contributed by atoms with Gasteiger partial charge in [-0.25, -0.2) is 9.18 Å². The van der Waals surface area contributed by atoms with E-state index in [2.05, 4.69) is 0 Å². The van der Waals surface area contributed by atoms with Gasteiger partial charge in [-0.05, 0) is 35.9 Å². The highest BCUT2D eigenvalue weighted by molar-refractivity contribution is 6.32. The van der Waals surface area contributed by atoms with Gasteiger partial charge in [0.25, 0.3) is 0 Å². The summed E-state index contributed by atoms with van der Waals surface area (Å²) in [5, 5.41) is 0.314. The molecule has 0 aliphatic rings. The van der Waals surface area contributed by atoms with Crippen LogP contribution in [-0.4, -0.2) is 32.6 Å². The number of Topliss-reactive ketones (excluding diaryl/α,β-unsaturated/α-hetero) is 1. The Bertz CT molecular complexity index is 848. The highest BCUT2D eigenvalue weighted by atomic mass is 35.5. The molecule has 0 N–H and O–H groups in total. The predicted molar refractivity (Wildman–Crippen MR) is 95.3 cm³/mol. The first-order valence-electron chi connectivity index (χ1n) is 7.50. The third-order valence-electron chi connectivity index (χ3n) is 3.39. The van der Waals surface area contributed by atoms with E-state index in [0.29, 0.717) is 22.1 Å². The van der Waals surface area contributed by atoms with Crippen LogP contribution < -0.4 is 9.47 Å². The largest absolute Gasteiger partial charge is 0.493 e. The van der Waals surface area contributed by atoms with Crippen molar-refractivity contribution in [3.63, 3.8) is 0 Å². The minimum atomic E-state index is -0.749. The number of halogens is 2. The molecule has 0 amide bonds. The van der Waals surface area contributed by atoms with Crippen LogP contribution in [0.15, 0.2) is 42.5 Å². The van der Waals surface area contributed by atoms with Crippen molar-refractivity contribution in [1.29, 1.82) is 0 Å². The minimum Gasteiger partial charge on any atom is -0.493 e. The second-order valence-corrected chi connectivity index (χ2v) is 5.49. The van der Waals surface area contributed by atoms with Crippen molar-refractivity contribution in [2.24, 2.45) is 0 Å². The molecule has 0 saturated heterocycles. The number of rotatable bonds is 7. The lowest BCUT2D eigenvalue weighted by Gasteiger charge is -2.10. The van der Waals surface area contributed by atoms with Crippen LogP contribution in [0.4, 0.5) is 4.39 Å². The molecule has 0 aliphatic heterocycles. The molecule has 7 heteroatoms. The van der Waals surface area contributed by atoms with E-state index in [0.717, 1.165) is 12.1 Å². The van der Waals surface area contributed by atoms with Gasteiger partial charge in [-0.3, -0.25) is 4.79 Å². The monoisotopic (exact) mass is 378 g/mol. The summed E-state index contributed by atoms with van der Waals surface area (Å²) >= 11 is 6.08. The van der Waals surface area contributed by atoms with Gasteiger partial charge in [0, 0.05) is 6.08 Å². The highest BCUT2D eigenvalue weighted by Crippen LogP contribution is 2.36. The number of ketones is 1. The van der Waals surface area contributed by atoms with Crippen molar-refractivity contribution in [2.45, 2.75) is 0 Å². The molecule has 0 unspecified atom stereocenters. The van der Waals surface area contributed by atoms with Crippen molar-refractivity contribution < 1.29 is 28.2 Å². The lowest BCUT2D eigenvalue weighted by molar-refractivity contribution is -0.136. The fourth-order valence-electron chi connectivity index (χ4n) is 2.15. The third-order valence-corrected chi connectivity index (χ3v) is 3.67. The quantitative estimate of drug-likeness (QED) is 0.415. The van der Waals surface area contributed by atoms with Crippen molar-refractivity contribution in [2.75, 3.05) is 20.8 Å². The zero-order valence-electron chi connectivity index (χ0n) is 14.1. The molecule has 0 radical (unpaired) electrons. The molecule has 0 bridgehead atoms. The van der Waals surface area contributed by atoms with Crippen molar-refractivity contribution in [3.8, 4) is 11.5 Å². The average molecular weight is 379 g/mol. The molecule has 5 nitrogen and oxygen atoms in total. The Morgan fingerprint density at radius 2 is 1.88 bits per heavy atom. The predicted octanol–water partition coefficient (Wildman–Crippen LogP) is 3.94. The van der Waals surface area contributed by atoms with E-state index >= 15 is 0 Å². The van der Waals surface area contributed by atoms with E-state index < -0.39 is 24.2 Å². The highest BCUT2D eigenvalue weighted by Gasteiger charge is 2.13. The number of carbonyl (C=O) groups excluding carboxylic acids is 2. The summed E-state index contributed by atoms with van der Waals surface area (Å²) in [6, 6.07) is 8.69. The summed E-state index contributed by atoms with van der Waals surface area (Å²) in [4.78, 5) is 23.6. The maximum atomic E-state index is 13.5. The van der Waals surface area contributed by atoms with E-state index in [1.54, 1.807) is 12.1 Å². The molecule has 0 spiro atoms. The SMILES string of the molecule is COc1cc(/C=C/C(=O)OCC(=O)c2ccccc2F)cc(Cl)c1OC. The van der Waals surface area contributed by atoms with E-state index in [-0.39, 0.29) is 5.56 Å². The summed E-state index contributed by atoms with van der Waals surface area (Å²) in [5.74, 6) is -1.25. The number of hydrogen-bond acceptors (Lipinski definition) is 5. The molecule has 0 saturated carbocycles. The van der Waals surface area contributed by atoms with Crippen LogP contribution in [0.1, 0.15) is 15.9 Å². The van der Waals surface area contributed by atoms with Gasteiger partial charge >= 0.3 is 5.97 Å². The fourth-order valence-corrected chi connectivity index (χ4v) is 2.44. The molecule has 0 aromatic heterocycles. The second kappa shape index (κ2) is 9.01. The number of carbonyl (C=O) groups is 2. The Balaban J connectivity index is 2.00. The van der Waals surface area contributed by atoms with Crippen LogP contribution in [-0.2, 0) is 9.53 Å². The fraction of sp³-hybridized carbons (Fsp3) is 0.158. The molecular formula is C19H16ClFO5. The smallest absolute Gasteiger partial charge is 0.331 e. The number of esters is 1. The normalized spacial score (nSPS) is 10.6. The van der Waals surface area contributed by atoms with E-state index in [9.17, 15) is 14.0 Å². The summed E-state index contributed by atoms with van der Waals surface area (Å²) in [6.45, 7) is -0.559. The number of methoxy groups -OCH3 is 2. The van der Waals surface area contributed by atoms with Crippen LogP contribution in [0.25, 0.3) is 6.08 Å². The summed E-state index contributed by atoms with van der Waals surface area (Å²) in [5.41, 5.74) is 0.445. The van der Waals surface area contributed by atoms with E-state index in [1.165, 1.54) is 38.5 Å². The van der Waals surface area contributed by atoms with Crippen molar-refractivity contribution in [3.05, 3.63) is 64.4 Å². The van der Waals surface area contributed by atoms with E-state index in [1.807, 2.05) is 0 Å². The first-order valence-corrected chi connectivity index (χ1v) is 7.88. The summed E-state index contributed by atoms with van der Waals surface area (Å²) in [6.07, 6.45) is 2.58. The van der Waals surface area contributed by atoms with Gasteiger partial charge in [-0.1, -0.05) is 23.7 Å². The number of benzene rings is 2. The molecule has 2 aromatic rings. The first-order chi connectivity index (χ1) is 12.5. The zero-order chi connectivity index (χ0) is 19.1. The Morgan fingerprint density at radius 1 is 1.15 bits per heavy atom. The number of ether oxygens (including phenoxy) is 3. The van der Waals surface area contributed by atoms with Crippen LogP contribution in [0, 0.1) is 5.82 Å². The lowest BCUT2D eigenvalue weighted by Crippen LogP contribution is -2.13. The van der Waals surface area contributed by atoms with Gasteiger partial charge in [-0.2, -0.15) is 0 Å². The molecular weight excluding hydrogens is 363 g/mol. The Hall–Kier alpha value is -2.86. The second-order valence-electron chi connectivity index (χ2n) is 5.08. The van der Waals surface area contributed by atoms with Crippen molar-refractivity contribution >= 4 is 29.4 Å². The van der Waals surface area contributed by atoms with Crippen LogP contribution in [0.3, 0.4) is 0 Å². The van der Waals surface area contributed by atoms with Gasteiger partial charge in [0.2, 0.25) is 5.78 Å². The van der Waals surface area contributed by atoms with Gasteiger partial charge < -0.3 is 14.2 Å².